The van der Waals surface area contributed by atoms with E-state index in [1.807, 2.05) is 12.2 Å². The van der Waals surface area contributed by atoms with Gasteiger partial charge in [0.1, 0.15) is 0 Å². The molecule has 1 aliphatic carbocycles. The van der Waals surface area contributed by atoms with E-state index >= 15 is 0 Å². The number of rotatable bonds is 8. The molecule has 0 aromatic heterocycles. The predicted molar refractivity (Wildman–Crippen MR) is 81.6 cm³/mol. The maximum absolute atomic E-state index is 12.0. The number of carbonyl (C=O) groups is 1. The molecule has 3 heteroatoms. The maximum Gasteiger partial charge on any atom is 0.314 e. The Hall–Kier alpha value is -1.09. The number of ether oxygens (including phenoxy) is 1. The Balaban J connectivity index is 3.13. The van der Waals surface area contributed by atoms with Crippen molar-refractivity contribution in [1.29, 1.82) is 0 Å². The number of allylic oxidation sites excluding steroid dienone is 3. The summed E-state index contributed by atoms with van der Waals surface area (Å²) in [5.74, 6) is -0.306. The van der Waals surface area contributed by atoms with Gasteiger partial charge in [-0.05, 0) is 25.2 Å². The third kappa shape index (κ3) is 3.72. The molecular formula is C17H28O3. The maximum atomic E-state index is 12.0. The molecule has 0 bridgehead atoms. The first-order valence-corrected chi connectivity index (χ1v) is 7.58. The lowest BCUT2D eigenvalue weighted by atomic mass is 9.63. The zero-order chi connectivity index (χ0) is 15.2. The molecule has 0 aromatic rings. The van der Waals surface area contributed by atoms with Crippen LogP contribution >= 0.6 is 0 Å². The van der Waals surface area contributed by atoms with Crippen molar-refractivity contribution in [3.05, 3.63) is 23.8 Å². The van der Waals surface area contributed by atoms with Crippen LogP contribution in [-0.2, 0) is 9.53 Å². The number of methoxy groups -OCH3 is 1. The zero-order valence-electron chi connectivity index (χ0n) is 13.2. The van der Waals surface area contributed by atoms with Gasteiger partial charge in [0.2, 0.25) is 0 Å². The molecule has 0 amide bonds. The molecule has 1 rings (SSSR count). The van der Waals surface area contributed by atoms with Gasteiger partial charge in [-0.2, -0.15) is 0 Å². The van der Waals surface area contributed by atoms with Gasteiger partial charge in [0.15, 0.2) is 0 Å². The molecule has 0 aromatic carbocycles. The largest absolute Gasteiger partial charge is 0.481 e. The summed E-state index contributed by atoms with van der Waals surface area (Å²) in [4.78, 5) is 12.0. The fourth-order valence-electron chi connectivity index (χ4n) is 3.32. The summed E-state index contributed by atoms with van der Waals surface area (Å²) in [6.07, 6.45) is 9.39. The van der Waals surface area contributed by atoms with Crippen LogP contribution in [0.5, 0.6) is 0 Å². The van der Waals surface area contributed by atoms with Crippen molar-refractivity contribution in [2.45, 2.75) is 46.5 Å². The van der Waals surface area contributed by atoms with Crippen LogP contribution in [0.2, 0.25) is 0 Å². The summed E-state index contributed by atoms with van der Waals surface area (Å²) < 4.78 is 5.20. The van der Waals surface area contributed by atoms with Gasteiger partial charge in [-0.25, -0.2) is 0 Å². The van der Waals surface area contributed by atoms with E-state index in [4.69, 9.17) is 4.74 Å². The van der Waals surface area contributed by atoms with Gasteiger partial charge < -0.3 is 9.84 Å². The first kappa shape index (κ1) is 17.0. The van der Waals surface area contributed by atoms with E-state index < -0.39 is 11.4 Å². The van der Waals surface area contributed by atoms with Crippen molar-refractivity contribution < 1.29 is 14.6 Å². The van der Waals surface area contributed by atoms with Crippen LogP contribution in [0.4, 0.5) is 0 Å². The first-order chi connectivity index (χ1) is 9.47. The van der Waals surface area contributed by atoms with E-state index in [1.54, 1.807) is 7.11 Å². The fourth-order valence-corrected chi connectivity index (χ4v) is 3.32. The molecule has 0 radical (unpaired) electrons. The highest BCUT2D eigenvalue weighted by Crippen LogP contribution is 2.46. The predicted octanol–water partition coefficient (Wildman–Crippen LogP) is 4.05. The number of hydrogen-bond donors (Lipinski definition) is 1. The summed E-state index contributed by atoms with van der Waals surface area (Å²) in [6.45, 7) is 6.91. The van der Waals surface area contributed by atoms with Crippen LogP contribution in [-0.4, -0.2) is 24.8 Å². The lowest BCUT2D eigenvalue weighted by Crippen LogP contribution is -2.41. The Morgan fingerprint density at radius 3 is 2.70 bits per heavy atom. The van der Waals surface area contributed by atoms with Crippen molar-refractivity contribution in [3.63, 3.8) is 0 Å². The van der Waals surface area contributed by atoms with Gasteiger partial charge in [-0.3, -0.25) is 4.79 Å². The fraction of sp³-hybridized carbons (Fsp3) is 0.706. The topological polar surface area (TPSA) is 46.5 Å². The Bertz CT molecular complexity index is 382. The van der Waals surface area contributed by atoms with Crippen molar-refractivity contribution in [2.24, 2.45) is 17.3 Å². The number of aliphatic carboxylic acids is 1. The Labute approximate surface area is 122 Å². The SMILES string of the molecule is CCCC1=CC=CC(CC(C)C)(C(=O)O)C1CCOC. The van der Waals surface area contributed by atoms with Crippen LogP contribution < -0.4 is 0 Å². The molecule has 0 saturated carbocycles. The van der Waals surface area contributed by atoms with Crippen molar-refractivity contribution >= 4 is 5.97 Å². The molecule has 2 unspecified atom stereocenters. The highest BCUT2D eigenvalue weighted by atomic mass is 16.5. The van der Waals surface area contributed by atoms with Crippen LogP contribution in [0.25, 0.3) is 0 Å². The highest BCUT2D eigenvalue weighted by Gasteiger charge is 2.46. The Morgan fingerprint density at radius 1 is 1.50 bits per heavy atom. The molecular weight excluding hydrogens is 252 g/mol. The second kappa shape index (κ2) is 7.63. The molecule has 0 saturated heterocycles. The van der Waals surface area contributed by atoms with E-state index in [0.717, 1.165) is 19.3 Å². The standard InChI is InChI=1S/C17H28O3/c1-5-7-14-8-6-10-17(16(18)19,12-13(2)3)15(14)9-11-20-4/h6,8,10,13,15H,5,7,9,11-12H2,1-4H3,(H,18,19). The highest BCUT2D eigenvalue weighted by molar-refractivity contribution is 5.79. The second-order valence-corrected chi connectivity index (χ2v) is 6.13. The Kier molecular flexibility index (Phi) is 6.47. The number of carboxylic acid groups (broad SMARTS) is 1. The molecule has 0 spiro atoms. The zero-order valence-corrected chi connectivity index (χ0v) is 13.2. The van der Waals surface area contributed by atoms with Gasteiger partial charge >= 0.3 is 5.97 Å². The minimum atomic E-state index is -0.772. The van der Waals surface area contributed by atoms with Crippen molar-refractivity contribution in [2.75, 3.05) is 13.7 Å². The molecule has 1 N–H and O–H groups in total. The quantitative estimate of drug-likeness (QED) is 0.729. The average Bonchev–Trinajstić information content (AvgIpc) is 2.37. The summed E-state index contributed by atoms with van der Waals surface area (Å²) in [5.41, 5.74) is 0.487. The van der Waals surface area contributed by atoms with E-state index in [2.05, 4.69) is 26.8 Å². The number of carboxylic acids is 1. The van der Waals surface area contributed by atoms with Gasteiger partial charge in [0.25, 0.3) is 0 Å². The van der Waals surface area contributed by atoms with Crippen LogP contribution in [0, 0.1) is 17.3 Å². The van der Waals surface area contributed by atoms with Crippen LogP contribution in [0.15, 0.2) is 23.8 Å². The monoisotopic (exact) mass is 280 g/mol. The van der Waals surface area contributed by atoms with Crippen molar-refractivity contribution in [1.82, 2.24) is 0 Å². The molecule has 20 heavy (non-hydrogen) atoms. The van der Waals surface area contributed by atoms with Crippen LogP contribution in [0.3, 0.4) is 0 Å². The summed E-state index contributed by atoms with van der Waals surface area (Å²) in [5, 5.41) is 9.87. The first-order valence-electron chi connectivity index (χ1n) is 7.58. The third-order valence-electron chi connectivity index (χ3n) is 4.07. The van der Waals surface area contributed by atoms with E-state index in [9.17, 15) is 9.90 Å². The lowest BCUT2D eigenvalue weighted by molar-refractivity contribution is -0.149. The minimum absolute atomic E-state index is 0.0484. The van der Waals surface area contributed by atoms with Gasteiger partial charge in [0, 0.05) is 19.6 Å². The molecule has 0 fully saturated rings. The molecule has 2 atom stereocenters. The molecule has 1 aliphatic rings. The number of hydrogen-bond acceptors (Lipinski definition) is 2. The Morgan fingerprint density at radius 2 is 2.20 bits per heavy atom. The third-order valence-corrected chi connectivity index (χ3v) is 4.07. The van der Waals surface area contributed by atoms with Gasteiger partial charge in [0.05, 0.1) is 5.41 Å². The normalized spacial score (nSPS) is 25.9. The lowest BCUT2D eigenvalue weighted by Gasteiger charge is -2.39. The van der Waals surface area contributed by atoms with Gasteiger partial charge in [-0.15, -0.1) is 0 Å². The average molecular weight is 280 g/mol. The van der Waals surface area contributed by atoms with Gasteiger partial charge in [-0.1, -0.05) is 51.0 Å². The summed E-state index contributed by atoms with van der Waals surface area (Å²) in [6, 6.07) is 0. The molecule has 3 nitrogen and oxygen atoms in total. The minimum Gasteiger partial charge on any atom is -0.481 e. The molecule has 0 aliphatic heterocycles. The van der Waals surface area contributed by atoms with E-state index in [1.165, 1.54) is 5.57 Å². The summed E-state index contributed by atoms with van der Waals surface area (Å²) >= 11 is 0. The summed E-state index contributed by atoms with van der Waals surface area (Å²) in [7, 11) is 1.67. The smallest absolute Gasteiger partial charge is 0.314 e. The van der Waals surface area contributed by atoms with Crippen molar-refractivity contribution in [3.8, 4) is 0 Å². The van der Waals surface area contributed by atoms with E-state index in [-0.39, 0.29) is 5.92 Å². The molecule has 0 heterocycles. The van der Waals surface area contributed by atoms with Crippen LogP contribution in [0.1, 0.15) is 46.5 Å². The second-order valence-electron chi connectivity index (χ2n) is 6.13. The van der Waals surface area contributed by atoms with E-state index in [0.29, 0.717) is 18.9 Å². The molecule has 114 valence electrons.